The minimum absolute atomic E-state index is 0.0365. The first kappa shape index (κ1) is 12.7. The Morgan fingerprint density at radius 3 is 2.43 bits per heavy atom. The number of ether oxygens (including phenoxy) is 1. The van der Waals surface area contributed by atoms with E-state index in [0.717, 1.165) is 0 Å². The second-order valence-electron chi connectivity index (χ2n) is 3.44. The molecule has 0 aliphatic heterocycles. The average molecular weight is 199 g/mol. The third-order valence-electron chi connectivity index (χ3n) is 1.53. The molecule has 0 bridgehead atoms. The summed E-state index contributed by atoms with van der Waals surface area (Å²) in [5, 5.41) is 2.40. The Balaban J connectivity index is 3.78. The number of carbonyl (C=O) groups excluding carboxylic acids is 2. The van der Waals surface area contributed by atoms with E-state index in [1.54, 1.807) is 0 Å². The van der Waals surface area contributed by atoms with Crippen molar-refractivity contribution >= 4 is 11.9 Å². The van der Waals surface area contributed by atoms with E-state index in [2.05, 4.69) is 11.9 Å². The monoisotopic (exact) mass is 199 g/mol. The molecule has 0 rings (SSSR count). The highest BCUT2D eigenvalue weighted by Gasteiger charge is 2.09. The molecule has 0 radical (unpaired) electrons. The molecule has 0 heterocycles. The molecule has 1 amide bonds. The summed E-state index contributed by atoms with van der Waals surface area (Å²) in [6.07, 6.45) is 0.362. The Morgan fingerprint density at radius 2 is 2.00 bits per heavy atom. The average Bonchev–Trinajstić information content (AvgIpc) is 2.11. The van der Waals surface area contributed by atoms with Gasteiger partial charge in [-0.3, -0.25) is 9.59 Å². The summed E-state index contributed by atoms with van der Waals surface area (Å²) in [7, 11) is 1.50. The summed E-state index contributed by atoms with van der Waals surface area (Å²) in [6.45, 7) is 7.30. The topological polar surface area (TPSA) is 55.4 Å². The molecule has 0 aliphatic rings. The van der Waals surface area contributed by atoms with Crippen LogP contribution in [-0.2, 0) is 14.3 Å². The number of esters is 1. The number of nitrogens with one attached hydrogen (secondary N) is 1. The number of rotatable bonds is 5. The molecule has 0 spiro atoms. The minimum atomic E-state index is -0.303. The highest BCUT2D eigenvalue weighted by molar-refractivity contribution is 5.93. The lowest BCUT2D eigenvalue weighted by atomic mass is 10.1. The number of carbonyl (C=O) groups is 2. The van der Waals surface area contributed by atoms with E-state index in [9.17, 15) is 9.59 Å². The predicted octanol–water partition coefficient (Wildman–Crippen LogP) is 0.878. The lowest BCUT2D eigenvalue weighted by Crippen LogP contribution is -2.23. The SMILES string of the molecule is C=C(COC(=O)CC(C)C)C(=O)NC. The maximum atomic E-state index is 11.1. The molecule has 0 fully saturated rings. The number of amides is 1. The smallest absolute Gasteiger partial charge is 0.306 e. The molecule has 0 aliphatic carbocycles. The fourth-order valence-corrected chi connectivity index (χ4v) is 0.802. The van der Waals surface area contributed by atoms with E-state index >= 15 is 0 Å². The van der Waals surface area contributed by atoms with Crippen LogP contribution in [0.15, 0.2) is 12.2 Å². The third-order valence-corrected chi connectivity index (χ3v) is 1.53. The van der Waals surface area contributed by atoms with E-state index in [0.29, 0.717) is 6.42 Å². The van der Waals surface area contributed by atoms with Gasteiger partial charge in [0.2, 0.25) is 5.91 Å². The molecule has 0 aromatic heterocycles. The summed E-state index contributed by atoms with van der Waals surface area (Å²) in [4.78, 5) is 22.0. The van der Waals surface area contributed by atoms with Crippen LogP contribution in [0.5, 0.6) is 0 Å². The van der Waals surface area contributed by atoms with Gasteiger partial charge in [0.25, 0.3) is 0 Å². The van der Waals surface area contributed by atoms with Crippen molar-refractivity contribution in [2.24, 2.45) is 5.92 Å². The zero-order valence-electron chi connectivity index (χ0n) is 8.92. The quantitative estimate of drug-likeness (QED) is 0.528. The van der Waals surface area contributed by atoms with Gasteiger partial charge in [-0.1, -0.05) is 20.4 Å². The van der Waals surface area contributed by atoms with Crippen LogP contribution in [-0.4, -0.2) is 25.5 Å². The highest BCUT2D eigenvalue weighted by Crippen LogP contribution is 2.02. The molecule has 0 aromatic carbocycles. The molecule has 0 aromatic rings. The maximum Gasteiger partial charge on any atom is 0.306 e. The Labute approximate surface area is 84.3 Å². The molecule has 1 N–H and O–H groups in total. The van der Waals surface area contributed by atoms with E-state index in [1.165, 1.54) is 7.05 Å². The second-order valence-corrected chi connectivity index (χ2v) is 3.44. The first-order valence-electron chi connectivity index (χ1n) is 4.52. The summed E-state index contributed by atoms with van der Waals surface area (Å²) in [5.74, 6) is -0.344. The van der Waals surface area contributed by atoms with E-state index < -0.39 is 0 Å². The van der Waals surface area contributed by atoms with Crippen LogP contribution in [0.2, 0.25) is 0 Å². The lowest BCUT2D eigenvalue weighted by molar-refractivity contribution is -0.143. The molecule has 4 nitrogen and oxygen atoms in total. The molecule has 0 atom stereocenters. The highest BCUT2D eigenvalue weighted by atomic mass is 16.5. The molecule has 0 saturated carbocycles. The number of hydrogen-bond acceptors (Lipinski definition) is 3. The second kappa shape index (κ2) is 6.18. The number of likely N-dealkylation sites (N-methyl/N-ethyl adjacent to an activating group) is 1. The summed E-state index contributed by atoms with van der Waals surface area (Å²) in [5.41, 5.74) is 0.254. The van der Waals surface area contributed by atoms with E-state index in [1.807, 2.05) is 13.8 Å². The molecule has 0 unspecified atom stereocenters. The molecule has 14 heavy (non-hydrogen) atoms. The van der Waals surface area contributed by atoms with Gasteiger partial charge in [0.1, 0.15) is 6.61 Å². The molecule has 80 valence electrons. The zero-order chi connectivity index (χ0) is 11.1. The summed E-state index contributed by atoms with van der Waals surface area (Å²) in [6, 6.07) is 0. The van der Waals surface area contributed by atoms with Crippen molar-refractivity contribution in [3.8, 4) is 0 Å². The van der Waals surface area contributed by atoms with E-state index in [-0.39, 0.29) is 30.0 Å². The minimum Gasteiger partial charge on any atom is -0.461 e. The van der Waals surface area contributed by atoms with Gasteiger partial charge < -0.3 is 10.1 Å². The summed E-state index contributed by atoms with van der Waals surface area (Å²) >= 11 is 0. The third kappa shape index (κ3) is 5.35. The van der Waals surface area contributed by atoms with Crippen LogP contribution in [0.3, 0.4) is 0 Å². The molecule has 4 heteroatoms. The van der Waals surface area contributed by atoms with Gasteiger partial charge in [-0.15, -0.1) is 0 Å². The largest absolute Gasteiger partial charge is 0.461 e. The van der Waals surface area contributed by atoms with Crippen molar-refractivity contribution in [3.63, 3.8) is 0 Å². The Bertz CT molecular complexity index is 234. The van der Waals surface area contributed by atoms with Crippen LogP contribution in [0.1, 0.15) is 20.3 Å². The normalized spacial score (nSPS) is 9.71. The van der Waals surface area contributed by atoms with Crippen LogP contribution in [0.4, 0.5) is 0 Å². The summed E-state index contributed by atoms with van der Waals surface area (Å²) < 4.78 is 4.84. The fraction of sp³-hybridized carbons (Fsp3) is 0.600. The Hall–Kier alpha value is -1.32. The van der Waals surface area contributed by atoms with Crippen LogP contribution in [0.25, 0.3) is 0 Å². The molecular weight excluding hydrogens is 182 g/mol. The lowest BCUT2D eigenvalue weighted by Gasteiger charge is -2.07. The standard InChI is InChI=1S/C10H17NO3/c1-7(2)5-9(12)14-6-8(3)10(13)11-4/h7H,3,5-6H2,1-2,4H3,(H,11,13). The van der Waals surface area contributed by atoms with Crippen LogP contribution >= 0.6 is 0 Å². The Morgan fingerprint density at radius 1 is 1.43 bits per heavy atom. The maximum absolute atomic E-state index is 11.1. The molecular formula is C10H17NO3. The first-order valence-corrected chi connectivity index (χ1v) is 4.52. The van der Waals surface area contributed by atoms with Gasteiger partial charge in [-0.05, 0) is 5.92 Å². The van der Waals surface area contributed by atoms with Gasteiger partial charge >= 0.3 is 5.97 Å². The van der Waals surface area contributed by atoms with Crippen LogP contribution < -0.4 is 5.32 Å². The number of hydrogen-bond donors (Lipinski definition) is 1. The van der Waals surface area contributed by atoms with Crippen LogP contribution in [0, 0.1) is 5.92 Å². The van der Waals surface area contributed by atoms with Crippen molar-refractivity contribution in [2.75, 3.05) is 13.7 Å². The van der Waals surface area contributed by atoms with Crippen molar-refractivity contribution in [1.82, 2.24) is 5.32 Å². The predicted molar refractivity (Wildman–Crippen MR) is 53.6 cm³/mol. The van der Waals surface area contributed by atoms with Gasteiger partial charge in [0.05, 0.1) is 0 Å². The van der Waals surface area contributed by atoms with Crippen molar-refractivity contribution < 1.29 is 14.3 Å². The van der Waals surface area contributed by atoms with Gasteiger partial charge in [0.15, 0.2) is 0 Å². The van der Waals surface area contributed by atoms with Gasteiger partial charge in [-0.2, -0.15) is 0 Å². The van der Waals surface area contributed by atoms with Gasteiger partial charge in [-0.25, -0.2) is 0 Å². The van der Waals surface area contributed by atoms with Crippen molar-refractivity contribution in [2.45, 2.75) is 20.3 Å². The fourth-order valence-electron chi connectivity index (χ4n) is 0.802. The van der Waals surface area contributed by atoms with Crippen molar-refractivity contribution in [3.05, 3.63) is 12.2 Å². The molecule has 0 saturated heterocycles. The Kier molecular flexibility index (Phi) is 5.60. The van der Waals surface area contributed by atoms with Gasteiger partial charge in [0, 0.05) is 19.0 Å². The zero-order valence-corrected chi connectivity index (χ0v) is 8.92. The first-order chi connectivity index (χ1) is 6.47. The van der Waals surface area contributed by atoms with Crippen molar-refractivity contribution in [1.29, 1.82) is 0 Å². The van der Waals surface area contributed by atoms with E-state index in [4.69, 9.17) is 4.74 Å².